The molecule has 18 heavy (non-hydrogen) atoms. The van der Waals surface area contributed by atoms with Gasteiger partial charge in [-0.15, -0.1) is 0 Å². The highest BCUT2D eigenvalue weighted by atomic mass is 35.5. The summed E-state index contributed by atoms with van der Waals surface area (Å²) in [5.41, 5.74) is 1.90. The van der Waals surface area contributed by atoms with Crippen molar-refractivity contribution in [1.82, 2.24) is 8.75 Å². The second-order valence-electron chi connectivity index (χ2n) is 4.04. The van der Waals surface area contributed by atoms with Crippen LogP contribution >= 0.6 is 23.3 Å². The minimum atomic E-state index is -0.228. The minimum Gasteiger partial charge on any atom is -0.308 e. The van der Waals surface area contributed by atoms with E-state index in [0.29, 0.717) is 34.7 Å². The molecule has 1 amide bonds. The van der Waals surface area contributed by atoms with Crippen LogP contribution in [-0.2, 0) is 9.59 Å². The molecule has 0 N–H and O–H groups in total. The maximum Gasteiger partial charge on any atom is 0.234 e. The number of fused-ring (bicyclic) bond motifs is 1. The fourth-order valence-electron chi connectivity index (χ4n) is 2.02. The highest BCUT2D eigenvalue weighted by Gasteiger charge is 2.28. The van der Waals surface area contributed by atoms with Crippen molar-refractivity contribution in [2.75, 3.05) is 11.4 Å². The SMILES string of the molecule is O=C1CCN(c2c(Cl)ccc3nsnc23)C(=O)C1. The van der Waals surface area contributed by atoms with E-state index < -0.39 is 0 Å². The third kappa shape index (κ3) is 1.77. The molecule has 7 heteroatoms. The lowest BCUT2D eigenvalue weighted by Crippen LogP contribution is -2.39. The van der Waals surface area contributed by atoms with Crippen molar-refractivity contribution in [2.24, 2.45) is 0 Å². The second kappa shape index (κ2) is 4.29. The van der Waals surface area contributed by atoms with Gasteiger partial charge in [-0.25, -0.2) is 0 Å². The number of carbonyl (C=O) groups excluding carboxylic acids is 2. The largest absolute Gasteiger partial charge is 0.308 e. The summed E-state index contributed by atoms with van der Waals surface area (Å²) in [5.74, 6) is -0.260. The van der Waals surface area contributed by atoms with Gasteiger partial charge in [-0.2, -0.15) is 8.75 Å². The monoisotopic (exact) mass is 281 g/mol. The fourth-order valence-corrected chi connectivity index (χ4v) is 2.81. The summed E-state index contributed by atoms with van der Waals surface area (Å²) in [6.07, 6.45) is 0.292. The van der Waals surface area contributed by atoms with E-state index in [1.165, 1.54) is 4.90 Å². The van der Waals surface area contributed by atoms with E-state index in [2.05, 4.69) is 8.75 Å². The van der Waals surface area contributed by atoms with E-state index >= 15 is 0 Å². The molecule has 0 unspecified atom stereocenters. The molecule has 2 aromatic rings. The molecule has 0 atom stereocenters. The van der Waals surface area contributed by atoms with Gasteiger partial charge < -0.3 is 4.90 Å². The number of ketones is 1. The molecular formula is C11H8ClN3O2S. The van der Waals surface area contributed by atoms with Gasteiger partial charge in [0.2, 0.25) is 5.91 Å². The zero-order valence-electron chi connectivity index (χ0n) is 9.22. The number of benzene rings is 1. The highest BCUT2D eigenvalue weighted by molar-refractivity contribution is 7.00. The van der Waals surface area contributed by atoms with Crippen molar-refractivity contribution in [3.8, 4) is 0 Å². The van der Waals surface area contributed by atoms with Crippen molar-refractivity contribution < 1.29 is 9.59 Å². The summed E-state index contributed by atoms with van der Waals surface area (Å²) >= 11 is 7.23. The number of amides is 1. The van der Waals surface area contributed by atoms with Crippen LogP contribution in [0.15, 0.2) is 12.1 Å². The molecule has 1 aromatic heterocycles. The molecule has 0 saturated carbocycles. The molecule has 2 heterocycles. The van der Waals surface area contributed by atoms with Crippen LogP contribution < -0.4 is 4.90 Å². The first kappa shape index (κ1) is 11.6. The standard InChI is InChI=1S/C11H8ClN3O2S/c12-7-1-2-8-10(14-18-13-8)11(7)15-4-3-6(16)5-9(15)17/h1-2H,3-5H2. The molecule has 1 aliphatic heterocycles. The minimum absolute atomic E-state index is 0.0315. The number of carbonyl (C=O) groups is 2. The van der Waals surface area contributed by atoms with Crippen molar-refractivity contribution >= 4 is 51.7 Å². The Morgan fingerprint density at radius 2 is 2.11 bits per heavy atom. The number of hydrogen-bond acceptors (Lipinski definition) is 5. The van der Waals surface area contributed by atoms with Gasteiger partial charge in [-0.3, -0.25) is 9.59 Å². The molecule has 5 nitrogen and oxygen atoms in total. The number of anilines is 1. The molecule has 0 radical (unpaired) electrons. The topological polar surface area (TPSA) is 63.2 Å². The number of nitrogens with zero attached hydrogens (tertiary/aromatic N) is 3. The van der Waals surface area contributed by atoms with E-state index in [1.54, 1.807) is 12.1 Å². The molecule has 1 aromatic carbocycles. The predicted molar refractivity (Wildman–Crippen MR) is 69.0 cm³/mol. The lowest BCUT2D eigenvalue weighted by molar-refractivity contribution is -0.128. The smallest absolute Gasteiger partial charge is 0.234 e. The first-order valence-corrected chi connectivity index (χ1v) is 6.50. The van der Waals surface area contributed by atoms with Gasteiger partial charge in [0, 0.05) is 13.0 Å². The first-order chi connectivity index (χ1) is 8.66. The Balaban J connectivity index is 2.13. The van der Waals surface area contributed by atoms with E-state index in [0.717, 1.165) is 11.7 Å². The Hall–Kier alpha value is -1.53. The quantitative estimate of drug-likeness (QED) is 0.751. The molecule has 0 bridgehead atoms. The van der Waals surface area contributed by atoms with E-state index in [-0.39, 0.29) is 18.1 Å². The van der Waals surface area contributed by atoms with Gasteiger partial charge >= 0.3 is 0 Å². The number of aromatic nitrogens is 2. The van der Waals surface area contributed by atoms with Crippen LogP contribution in [0.4, 0.5) is 5.69 Å². The Labute approximate surface area is 112 Å². The van der Waals surface area contributed by atoms with Crippen LogP contribution in [0.5, 0.6) is 0 Å². The molecule has 92 valence electrons. The maximum absolute atomic E-state index is 11.9. The first-order valence-electron chi connectivity index (χ1n) is 5.39. The second-order valence-corrected chi connectivity index (χ2v) is 4.97. The summed E-state index contributed by atoms with van der Waals surface area (Å²) in [6, 6.07) is 3.47. The Morgan fingerprint density at radius 3 is 2.89 bits per heavy atom. The van der Waals surface area contributed by atoms with Crippen LogP contribution in [0.3, 0.4) is 0 Å². The Kier molecular flexibility index (Phi) is 2.76. The van der Waals surface area contributed by atoms with E-state index in [1.807, 2.05) is 0 Å². The van der Waals surface area contributed by atoms with Crippen LogP contribution in [-0.4, -0.2) is 27.0 Å². The fraction of sp³-hybridized carbons (Fsp3) is 0.273. The van der Waals surface area contributed by atoms with Gasteiger partial charge in [0.15, 0.2) is 0 Å². The number of piperidine rings is 1. The zero-order chi connectivity index (χ0) is 12.7. The predicted octanol–water partition coefficient (Wildman–Crippen LogP) is 2.04. The molecule has 0 aliphatic carbocycles. The number of hydrogen-bond donors (Lipinski definition) is 0. The van der Waals surface area contributed by atoms with Crippen molar-refractivity contribution in [3.63, 3.8) is 0 Å². The Morgan fingerprint density at radius 1 is 1.28 bits per heavy atom. The summed E-state index contributed by atoms with van der Waals surface area (Å²) in [4.78, 5) is 24.7. The number of rotatable bonds is 1. The number of Topliss-reactive ketones (excluding diaryl/α,β-unsaturated/α-hetero) is 1. The van der Waals surface area contributed by atoms with Crippen molar-refractivity contribution in [1.29, 1.82) is 0 Å². The van der Waals surface area contributed by atoms with Crippen LogP contribution in [0, 0.1) is 0 Å². The summed E-state index contributed by atoms with van der Waals surface area (Å²) in [6.45, 7) is 0.355. The third-order valence-electron chi connectivity index (χ3n) is 2.89. The van der Waals surface area contributed by atoms with Gasteiger partial charge in [0.1, 0.15) is 16.8 Å². The molecule has 1 saturated heterocycles. The van der Waals surface area contributed by atoms with Gasteiger partial charge in [-0.05, 0) is 12.1 Å². The van der Waals surface area contributed by atoms with E-state index in [9.17, 15) is 9.59 Å². The Bertz CT molecular complexity index is 655. The lowest BCUT2D eigenvalue weighted by atomic mass is 10.1. The average Bonchev–Trinajstić information content (AvgIpc) is 2.79. The van der Waals surface area contributed by atoms with Crippen molar-refractivity contribution in [2.45, 2.75) is 12.8 Å². The van der Waals surface area contributed by atoms with Gasteiger partial charge in [0.05, 0.1) is 28.9 Å². The van der Waals surface area contributed by atoms with Crippen LogP contribution in [0.1, 0.15) is 12.8 Å². The summed E-state index contributed by atoms with van der Waals surface area (Å²) in [7, 11) is 0. The lowest BCUT2D eigenvalue weighted by Gasteiger charge is -2.26. The van der Waals surface area contributed by atoms with Gasteiger partial charge in [0.25, 0.3) is 0 Å². The molecule has 1 aliphatic rings. The number of halogens is 1. The maximum atomic E-state index is 11.9. The summed E-state index contributed by atoms with van der Waals surface area (Å²) in [5, 5.41) is 0.456. The molecule has 3 rings (SSSR count). The van der Waals surface area contributed by atoms with Crippen molar-refractivity contribution in [3.05, 3.63) is 17.2 Å². The third-order valence-corrected chi connectivity index (χ3v) is 3.73. The van der Waals surface area contributed by atoms with Gasteiger partial charge in [-0.1, -0.05) is 11.6 Å². The molecule has 0 spiro atoms. The highest BCUT2D eigenvalue weighted by Crippen LogP contribution is 2.34. The van der Waals surface area contributed by atoms with Crippen LogP contribution in [0.25, 0.3) is 11.0 Å². The molecular weight excluding hydrogens is 274 g/mol. The average molecular weight is 282 g/mol. The zero-order valence-corrected chi connectivity index (χ0v) is 10.8. The van der Waals surface area contributed by atoms with Crippen LogP contribution in [0.2, 0.25) is 5.02 Å². The normalized spacial score (nSPS) is 16.6. The van der Waals surface area contributed by atoms with E-state index in [4.69, 9.17) is 11.6 Å². The molecule has 1 fully saturated rings. The summed E-state index contributed by atoms with van der Waals surface area (Å²) < 4.78 is 8.30.